The molecule has 27 heavy (non-hydrogen) atoms. The number of aliphatic hydroxyl groups excluding tert-OH is 2. The van der Waals surface area contributed by atoms with E-state index in [9.17, 15) is 24.9 Å². The van der Waals surface area contributed by atoms with Gasteiger partial charge in [0.25, 0.3) is 0 Å². The third-order valence-electron chi connectivity index (χ3n) is 4.12. The molecule has 3 unspecified atom stereocenters. The molecule has 146 valence electrons. The maximum atomic E-state index is 11.3. The average Bonchev–Trinajstić information content (AvgIpc) is 2.58. The van der Waals surface area contributed by atoms with Crippen molar-refractivity contribution < 1.29 is 34.4 Å². The van der Waals surface area contributed by atoms with Crippen molar-refractivity contribution in [2.45, 2.75) is 38.1 Å². The number of benzene rings is 1. The third kappa shape index (κ3) is 5.65. The van der Waals surface area contributed by atoms with Gasteiger partial charge in [-0.25, -0.2) is 9.59 Å². The normalized spacial score (nSPS) is 16.6. The molecular weight excluding hydrogens is 356 g/mol. The number of carboxylic acid groups (broad SMARTS) is 1. The number of hydrogen-bond acceptors (Lipinski definition) is 7. The minimum atomic E-state index is -1.72. The second-order valence-corrected chi connectivity index (χ2v) is 6.56. The molecule has 1 aromatic carbocycles. The molecule has 4 N–H and O–H groups in total. The second-order valence-electron chi connectivity index (χ2n) is 6.56. The maximum absolute atomic E-state index is 11.3. The number of hydrogen-bond donors (Lipinski definition) is 4. The van der Waals surface area contributed by atoms with Crippen molar-refractivity contribution in [1.82, 2.24) is 0 Å². The van der Waals surface area contributed by atoms with Crippen molar-refractivity contribution in [2.75, 3.05) is 6.61 Å². The predicted octanol–water partition coefficient (Wildman–Crippen LogP) is 1.07. The molecular formula is C19H22O8. The highest BCUT2D eigenvalue weighted by Crippen LogP contribution is 2.22. The van der Waals surface area contributed by atoms with E-state index in [1.165, 1.54) is 26.0 Å². The minimum Gasteiger partial charge on any atom is -0.491 e. The quantitative estimate of drug-likeness (QED) is 0.395. The van der Waals surface area contributed by atoms with E-state index in [0.29, 0.717) is 16.7 Å². The average molecular weight is 378 g/mol. The summed E-state index contributed by atoms with van der Waals surface area (Å²) in [5, 5.41) is 40.0. The van der Waals surface area contributed by atoms with Gasteiger partial charge in [0.15, 0.2) is 0 Å². The van der Waals surface area contributed by atoms with Gasteiger partial charge in [-0.05, 0) is 38.1 Å². The van der Waals surface area contributed by atoms with Gasteiger partial charge in [0.2, 0.25) is 0 Å². The first-order valence-electron chi connectivity index (χ1n) is 8.25. The summed E-state index contributed by atoms with van der Waals surface area (Å²) in [5.74, 6) is -0.852. The van der Waals surface area contributed by atoms with Crippen molar-refractivity contribution in [2.24, 2.45) is 0 Å². The fourth-order valence-electron chi connectivity index (χ4n) is 2.46. The Balaban J connectivity index is 2.01. The van der Waals surface area contributed by atoms with Gasteiger partial charge in [0.1, 0.15) is 24.0 Å². The van der Waals surface area contributed by atoms with Gasteiger partial charge in [-0.1, -0.05) is 0 Å². The van der Waals surface area contributed by atoms with Crippen LogP contribution in [0, 0.1) is 0 Å². The molecule has 0 bridgehead atoms. The number of aliphatic carboxylic acids is 1. The largest absolute Gasteiger partial charge is 0.491 e. The van der Waals surface area contributed by atoms with Crippen LogP contribution in [0.2, 0.25) is 0 Å². The molecule has 0 fully saturated rings. The van der Waals surface area contributed by atoms with Crippen LogP contribution in [0.1, 0.15) is 20.3 Å². The standard InChI is InChI=1S/C19H22O8/c1-11(18(23)24)7-13(20)9-19(2,25)16(21)10-26-14-5-3-12-4-6-17(22)27-15(12)8-14/h3-8,13,16,20-21,25H,9-10H2,1-2H3,(H,23,24). The summed E-state index contributed by atoms with van der Waals surface area (Å²) in [6.07, 6.45) is -1.80. The Morgan fingerprint density at radius 3 is 2.63 bits per heavy atom. The van der Waals surface area contributed by atoms with E-state index in [-0.39, 0.29) is 18.6 Å². The van der Waals surface area contributed by atoms with E-state index in [1.54, 1.807) is 18.2 Å². The van der Waals surface area contributed by atoms with Gasteiger partial charge in [-0.3, -0.25) is 0 Å². The Morgan fingerprint density at radius 2 is 1.96 bits per heavy atom. The Morgan fingerprint density at radius 1 is 1.30 bits per heavy atom. The molecule has 2 aromatic rings. The van der Waals surface area contributed by atoms with Crippen LogP contribution in [0.25, 0.3) is 11.0 Å². The van der Waals surface area contributed by atoms with Crippen molar-refractivity contribution in [3.8, 4) is 5.75 Å². The number of carboxylic acids is 1. The highest BCUT2D eigenvalue weighted by Gasteiger charge is 2.33. The number of ether oxygens (including phenoxy) is 1. The molecule has 0 aliphatic heterocycles. The van der Waals surface area contributed by atoms with Crippen molar-refractivity contribution in [3.05, 3.63) is 52.4 Å². The Bertz CT molecular complexity index is 896. The number of fused-ring (bicyclic) bond motifs is 1. The van der Waals surface area contributed by atoms with Crippen molar-refractivity contribution in [1.29, 1.82) is 0 Å². The molecule has 0 aliphatic carbocycles. The Labute approximate surface area is 154 Å². The van der Waals surface area contributed by atoms with Crippen LogP contribution in [-0.4, -0.2) is 50.8 Å². The molecule has 0 saturated heterocycles. The van der Waals surface area contributed by atoms with E-state index in [0.717, 1.165) is 6.08 Å². The molecule has 3 atom stereocenters. The fourth-order valence-corrected chi connectivity index (χ4v) is 2.46. The summed E-state index contributed by atoms with van der Waals surface area (Å²) in [5.41, 5.74) is -1.97. The SMILES string of the molecule is CC(=CC(O)CC(C)(O)C(O)COc1ccc2ccc(=O)oc2c1)C(=O)O. The maximum Gasteiger partial charge on any atom is 0.336 e. The van der Waals surface area contributed by atoms with Crippen molar-refractivity contribution in [3.63, 3.8) is 0 Å². The van der Waals surface area contributed by atoms with Crippen LogP contribution in [-0.2, 0) is 4.79 Å². The molecule has 8 heteroatoms. The van der Waals surface area contributed by atoms with Gasteiger partial charge in [-0.15, -0.1) is 0 Å². The predicted molar refractivity (Wildman–Crippen MR) is 96.6 cm³/mol. The van der Waals surface area contributed by atoms with Gasteiger partial charge < -0.3 is 29.6 Å². The summed E-state index contributed by atoms with van der Waals surface area (Å²) in [6, 6.07) is 7.71. The van der Waals surface area contributed by atoms with E-state index >= 15 is 0 Å². The van der Waals surface area contributed by atoms with Gasteiger partial charge in [0.05, 0.1) is 11.7 Å². The van der Waals surface area contributed by atoms with Crippen LogP contribution < -0.4 is 10.4 Å². The molecule has 0 aliphatic rings. The van der Waals surface area contributed by atoms with Crippen LogP contribution in [0.3, 0.4) is 0 Å². The number of rotatable bonds is 8. The minimum absolute atomic E-state index is 0.0679. The molecule has 1 aromatic heterocycles. The topological polar surface area (TPSA) is 137 Å². The lowest BCUT2D eigenvalue weighted by Crippen LogP contribution is -2.45. The highest BCUT2D eigenvalue weighted by atomic mass is 16.5. The highest BCUT2D eigenvalue weighted by molar-refractivity contribution is 5.85. The third-order valence-corrected chi connectivity index (χ3v) is 4.12. The fraction of sp³-hybridized carbons (Fsp3) is 0.368. The first-order valence-corrected chi connectivity index (χ1v) is 8.25. The molecule has 0 saturated carbocycles. The lowest BCUT2D eigenvalue weighted by atomic mass is 9.92. The van der Waals surface area contributed by atoms with Gasteiger partial charge in [-0.2, -0.15) is 0 Å². The van der Waals surface area contributed by atoms with Crippen molar-refractivity contribution >= 4 is 16.9 Å². The monoisotopic (exact) mass is 378 g/mol. The molecule has 1 heterocycles. The van der Waals surface area contributed by atoms with E-state index in [4.69, 9.17) is 14.3 Å². The summed E-state index contributed by atoms with van der Waals surface area (Å²) >= 11 is 0. The second kappa shape index (κ2) is 8.34. The Hall–Kier alpha value is -2.68. The molecule has 2 rings (SSSR count). The van der Waals surface area contributed by atoms with Crippen LogP contribution in [0.4, 0.5) is 0 Å². The van der Waals surface area contributed by atoms with E-state index in [2.05, 4.69) is 0 Å². The molecule has 8 nitrogen and oxygen atoms in total. The van der Waals surface area contributed by atoms with Gasteiger partial charge >= 0.3 is 11.6 Å². The summed E-state index contributed by atoms with van der Waals surface area (Å²) in [4.78, 5) is 22.0. The lowest BCUT2D eigenvalue weighted by molar-refractivity contribution is -0.132. The Kier molecular flexibility index (Phi) is 6.37. The van der Waals surface area contributed by atoms with Crippen LogP contribution in [0.15, 0.2) is 51.2 Å². The number of carbonyl (C=O) groups is 1. The zero-order valence-electron chi connectivity index (χ0n) is 15.0. The first kappa shape index (κ1) is 20.6. The lowest BCUT2D eigenvalue weighted by Gasteiger charge is -2.30. The zero-order valence-corrected chi connectivity index (χ0v) is 15.0. The van der Waals surface area contributed by atoms with Crippen LogP contribution >= 0.6 is 0 Å². The summed E-state index contributed by atoms with van der Waals surface area (Å²) < 4.78 is 10.5. The molecule has 0 amide bonds. The molecule has 0 radical (unpaired) electrons. The smallest absolute Gasteiger partial charge is 0.336 e. The summed E-state index contributed by atoms with van der Waals surface area (Å²) in [7, 11) is 0. The molecule has 0 spiro atoms. The van der Waals surface area contributed by atoms with Gasteiger partial charge in [0, 0.05) is 29.5 Å². The van der Waals surface area contributed by atoms with Crippen LogP contribution in [0.5, 0.6) is 5.75 Å². The van der Waals surface area contributed by atoms with E-state index in [1.807, 2.05) is 0 Å². The summed E-state index contributed by atoms with van der Waals surface area (Å²) in [6.45, 7) is 2.34. The first-order chi connectivity index (χ1) is 12.6. The van der Waals surface area contributed by atoms with E-state index < -0.39 is 29.4 Å². The number of aliphatic hydroxyl groups is 3. The zero-order chi connectivity index (χ0) is 20.2.